The van der Waals surface area contributed by atoms with E-state index < -0.39 is 8.07 Å². The molecule has 0 aromatic rings. The standard InChI is InChI=1S/C9H20OSi/c1-8(9(2)10-3)7-11(4,5)6/h9H,1,7H2,2-6H3. The Kier molecular flexibility index (Phi) is 4.04. The van der Waals surface area contributed by atoms with Crippen LogP contribution in [-0.2, 0) is 4.74 Å². The molecule has 0 radical (unpaired) electrons. The zero-order valence-electron chi connectivity index (χ0n) is 8.40. The quantitative estimate of drug-likeness (QED) is 0.468. The number of hydrogen-bond acceptors (Lipinski definition) is 1. The van der Waals surface area contributed by atoms with E-state index in [1.54, 1.807) is 7.11 Å². The lowest BCUT2D eigenvalue weighted by atomic mass is 10.2. The molecule has 0 rings (SSSR count). The molecule has 1 atom stereocenters. The zero-order chi connectivity index (χ0) is 9.07. The first-order valence-corrected chi connectivity index (χ1v) is 7.78. The van der Waals surface area contributed by atoms with Crippen molar-refractivity contribution in [1.29, 1.82) is 0 Å². The molecule has 0 heterocycles. The van der Waals surface area contributed by atoms with Gasteiger partial charge in [0.05, 0.1) is 6.10 Å². The molecule has 0 aliphatic heterocycles. The monoisotopic (exact) mass is 172 g/mol. The molecule has 0 aliphatic rings. The summed E-state index contributed by atoms with van der Waals surface area (Å²) in [4.78, 5) is 0. The van der Waals surface area contributed by atoms with Gasteiger partial charge in [0.15, 0.2) is 0 Å². The van der Waals surface area contributed by atoms with Crippen molar-refractivity contribution in [2.45, 2.75) is 38.7 Å². The first-order valence-electron chi connectivity index (χ1n) is 4.07. The highest BCUT2D eigenvalue weighted by molar-refractivity contribution is 6.76. The highest BCUT2D eigenvalue weighted by Gasteiger charge is 2.17. The third-order valence-electron chi connectivity index (χ3n) is 1.69. The van der Waals surface area contributed by atoms with E-state index in [9.17, 15) is 0 Å². The van der Waals surface area contributed by atoms with E-state index in [4.69, 9.17) is 4.74 Å². The summed E-state index contributed by atoms with van der Waals surface area (Å²) < 4.78 is 5.18. The summed E-state index contributed by atoms with van der Waals surface area (Å²) in [5.74, 6) is 0. The molecule has 1 unspecified atom stereocenters. The van der Waals surface area contributed by atoms with E-state index >= 15 is 0 Å². The molecule has 0 aromatic heterocycles. The van der Waals surface area contributed by atoms with Gasteiger partial charge in [-0.1, -0.05) is 31.8 Å². The van der Waals surface area contributed by atoms with Crippen molar-refractivity contribution in [2.24, 2.45) is 0 Å². The highest BCUT2D eigenvalue weighted by atomic mass is 28.3. The van der Waals surface area contributed by atoms with Crippen LogP contribution in [-0.4, -0.2) is 21.3 Å². The Morgan fingerprint density at radius 1 is 1.45 bits per heavy atom. The van der Waals surface area contributed by atoms with Crippen molar-refractivity contribution < 1.29 is 4.74 Å². The fourth-order valence-electron chi connectivity index (χ4n) is 0.992. The van der Waals surface area contributed by atoms with Crippen LogP contribution in [0.3, 0.4) is 0 Å². The summed E-state index contributed by atoms with van der Waals surface area (Å²) in [6, 6.07) is 1.17. The molecular formula is C9H20OSi. The highest BCUT2D eigenvalue weighted by Crippen LogP contribution is 2.18. The third kappa shape index (κ3) is 5.22. The minimum atomic E-state index is -0.979. The van der Waals surface area contributed by atoms with E-state index in [0.717, 1.165) is 0 Å². The van der Waals surface area contributed by atoms with Gasteiger partial charge in [0.2, 0.25) is 0 Å². The Labute approximate surface area is 71.5 Å². The van der Waals surface area contributed by atoms with E-state index in [1.165, 1.54) is 11.6 Å². The van der Waals surface area contributed by atoms with Gasteiger partial charge in [-0.25, -0.2) is 0 Å². The summed E-state index contributed by atoms with van der Waals surface area (Å²) in [5, 5.41) is 0. The third-order valence-corrected chi connectivity index (χ3v) is 3.20. The maximum atomic E-state index is 5.18. The van der Waals surface area contributed by atoms with Crippen LogP contribution in [0.2, 0.25) is 25.7 Å². The predicted molar refractivity (Wildman–Crippen MR) is 53.8 cm³/mol. The van der Waals surface area contributed by atoms with Crippen LogP contribution in [0.25, 0.3) is 0 Å². The topological polar surface area (TPSA) is 9.23 Å². The Morgan fingerprint density at radius 3 is 2.18 bits per heavy atom. The molecular weight excluding hydrogens is 152 g/mol. The van der Waals surface area contributed by atoms with E-state index in [1.807, 2.05) is 0 Å². The normalized spacial score (nSPS) is 14.6. The minimum Gasteiger partial charge on any atom is -0.377 e. The van der Waals surface area contributed by atoms with Gasteiger partial charge < -0.3 is 4.74 Å². The molecule has 0 saturated heterocycles. The molecule has 1 nitrogen and oxygen atoms in total. The van der Waals surface area contributed by atoms with Gasteiger partial charge in [0, 0.05) is 15.2 Å². The fraction of sp³-hybridized carbons (Fsp3) is 0.778. The molecule has 0 spiro atoms. The first-order chi connectivity index (χ1) is 4.87. The van der Waals surface area contributed by atoms with Gasteiger partial charge in [-0.3, -0.25) is 0 Å². The molecule has 11 heavy (non-hydrogen) atoms. The van der Waals surface area contributed by atoms with Crippen molar-refractivity contribution >= 4 is 8.07 Å². The second-order valence-corrected chi connectivity index (χ2v) is 9.75. The summed E-state index contributed by atoms with van der Waals surface area (Å²) in [6.07, 6.45) is 0.224. The van der Waals surface area contributed by atoms with Crippen molar-refractivity contribution in [3.63, 3.8) is 0 Å². The molecule has 0 N–H and O–H groups in total. The van der Waals surface area contributed by atoms with Gasteiger partial charge in [-0.2, -0.15) is 0 Å². The fourth-order valence-corrected chi connectivity index (χ4v) is 2.64. The lowest BCUT2D eigenvalue weighted by Crippen LogP contribution is -2.23. The average molecular weight is 172 g/mol. The molecule has 0 aliphatic carbocycles. The van der Waals surface area contributed by atoms with Gasteiger partial charge in [0.1, 0.15) is 0 Å². The van der Waals surface area contributed by atoms with Gasteiger partial charge in [0.25, 0.3) is 0 Å². The molecule has 0 aromatic carbocycles. The van der Waals surface area contributed by atoms with Gasteiger partial charge in [-0.15, -0.1) is 0 Å². The smallest absolute Gasteiger partial charge is 0.0747 e. The van der Waals surface area contributed by atoms with Crippen LogP contribution in [0, 0.1) is 0 Å². The number of rotatable bonds is 4. The van der Waals surface area contributed by atoms with E-state index in [2.05, 4.69) is 33.1 Å². The van der Waals surface area contributed by atoms with E-state index in [-0.39, 0.29) is 6.10 Å². The predicted octanol–water partition coefficient (Wildman–Crippen LogP) is 2.92. The van der Waals surface area contributed by atoms with Crippen molar-refractivity contribution in [3.05, 3.63) is 12.2 Å². The second kappa shape index (κ2) is 4.07. The Hall–Kier alpha value is -0.0831. The molecule has 66 valence electrons. The second-order valence-electron chi connectivity index (χ2n) is 4.27. The molecule has 0 fully saturated rings. The summed E-state index contributed by atoms with van der Waals surface area (Å²) in [7, 11) is 0.757. The number of hydrogen-bond donors (Lipinski definition) is 0. The Balaban J connectivity index is 3.88. The summed E-state index contributed by atoms with van der Waals surface area (Å²) in [6.45, 7) is 13.1. The first kappa shape index (κ1) is 10.9. The number of ether oxygens (including phenoxy) is 1. The Bertz CT molecular complexity index is 135. The van der Waals surface area contributed by atoms with Crippen molar-refractivity contribution in [2.75, 3.05) is 7.11 Å². The lowest BCUT2D eigenvalue weighted by molar-refractivity contribution is 0.147. The molecule has 2 heteroatoms. The maximum Gasteiger partial charge on any atom is 0.0747 e. The van der Waals surface area contributed by atoms with Crippen LogP contribution in [0.1, 0.15) is 6.92 Å². The average Bonchev–Trinajstić information content (AvgIpc) is 1.82. The SMILES string of the molecule is C=C(C[Si](C)(C)C)C(C)OC. The van der Waals surface area contributed by atoms with Crippen LogP contribution in [0.4, 0.5) is 0 Å². The summed E-state index contributed by atoms with van der Waals surface area (Å²) in [5.41, 5.74) is 1.24. The van der Waals surface area contributed by atoms with Crippen LogP contribution < -0.4 is 0 Å². The van der Waals surface area contributed by atoms with Gasteiger partial charge in [-0.05, 0) is 13.0 Å². The zero-order valence-corrected chi connectivity index (χ0v) is 9.40. The molecule has 0 bridgehead atoms. The Morgan fingerprint density at radius 2 is 1.91 bits per heavy atom. The number of methoxy groups -OCH3 is 1. The van der Waals surface area contributed by atoms with E-state index in [0.29, 0.717) is 0 Å². The van der Waals surface area contributed by atoms with Gasteiger partial charge >= 0.3 is 0 Å². The lowest BCUT2D eigenvalue weighted by Gasteiger charge is -2.20. The minimum absolute atomic E-state index is 0.224. The largest absolute Gasteiger partial charge is 0.377 e. The van der Waals surface area contributed by atoms with Crippen LogP contribution >= 0.6 is 0 Å². The van der Waals surface area contributed by atoms with Crippen LogP contribution in [0.5, 0.6) is 0 Å². The maximum absolute atomic E-state index is 5.18. The molecule has 0 saturated carbocycles. The van der Waals surface area contributed by atoms with Crippen LogP contribution in [0.15, 0.2) is 12.2 Å². The summed E-state index contributed by atoms with van der Waals surface area (Å²) >= 11 is 0. The van der Waals surface area contributed by atoms with Crippen molar-refractivity contribution in [3.8, 4) is 0 Å². The molecule has 0 amide bonds. The van der Waals surface area contributed by atoms with Crippen molar-refractivity contribution in [1.82, 2.24) is 0 Å².